The second kappa shape index (κ2) is 1.33. The first-order valence-electron chi connectivity index (χ1n) is 2.00. The molecule has 0 spiro atoms. The molecule has 1 aromatic heterocycles. The molecule has 0 amide bonds. The molecular weight excluding hydrogens is 110 g/mol. The lowest BCUT2D eigenvalue weighted by molar-refractivity contribution is 0.371. The summed E-state index contributed by atoms with van der Waals surface area (Å²) >= 11 is 0. The van der Waals surface area contributed by atoms with Gasteiger partial charge in [-0.2, -0.15) is 0 Å². The van der Waals surface area contributed by atoms with Crippen LogP contribution < -0.4 is 0 Å². The van der Waals surface area contributed by atoms with Gasteiger partial charge in [0, 0.05) is 0 Å². The van der Waals surface area contributed by atoms with E-state index in [1.165, 1.54) is 0 Å². The molecule has 8 heavy (non-hydrogen) atoms. The zero-order valence-electron chi connectivity index (χ0n) is 3.92. The highest BCUT2D eigenvalue weighted by Gasteiger charge is 2.04. The Morgan fingerprint density at radius 2 is 1.88 bits per heavy atom. The summed E-state index contributed by atoms with van der Waals surface area (Å²) < 4.78 is 0. The number of hydrogen-bond acceptors (Lipinski definition) is 3. The van der Waals surface area contributed by atoms with Gasteiger partial charge in [0.25, 0.3) is 0 Å². The van der Waals surface area contributed by atoms with Gasteiger partial charge in [-0.15, -0.1) is 0 Å². The number of H-pyrrole nitrogens is 1. The molecule has 0 aliphatic carbocycles. The minimum absolute atomic E-state index is 0.345. The molecule has 0 saturated heterocycles. The molecule has 4 heteroatoms. The van der Waals surface area contributed by atoms with Crippen LogP contribution in [-0.4, -0.2) is 20.3 Å². The molecule has 1 rings (SSSR count). The van der Waals surface area contributed by atoms with Crippen LogP contribution >= 0.6 is 0 Å². The second-order valence-corrected chi connectivity index (χ2v) is 1.37. The van der Waals surface area contributed by atoms with Gasteiger partial charge in [-0.1, -0.05) is 0 Å². The second-order valence-electron chi connectivity index (χ2n) is 1.37. The predicted molar refractivity (Wildman–Crippen MR) is 25.8 cm³/mol. The van der Waals surface area contributed by atoms with E-state index < -0.39 is 11.6 Å². The van der Waals surface area contributed by atoms with Gasteiger partial charge < -0.3 is 20.3 Å². The Bertz CT molecular complexity index is 174. The van der Waals surface area contributed by atoms with E-state index in [0.717, 1.165) is 6.20 Å². The van der Waals surface area contributed by atoms with Crippen molar-refractivity contribution in [2.75, 3.05) is 0 Å². The number of hydrogen-bond donors (Lipinski definition) is 4. The molecule has 0 atom stereocenters. The Labute approximate surface area is 45.0 Å². The van der Waals surface area contributed by atoms with Crippen LogP contribution in [0.2, 0.25) is 0 Å². The summed E-state index contributed by atoms with van der Waals surface area (Å²) in [5, 5.41) is 25.5. The lowest BCUT2D eigenvalue weighted by Crippen LogP contribution is -1.57. The first kappa shape index (κ1) is 4.83. The zero-order valence-corrected chi connectivity index (χ0v) is 3.92. The maximum absolute atomic E-state index is 8.52. The van der Waals surface area contributed by atoms with Crippen LogP contribution in [-0.2, 0) is 0 Å². The summed E-state index contributed by atoms with van der Waals surface area (Å²) in [6, 6.07) is 0. The van der Waals surface area contributed by atoms with Gasteiger partial charge in [-0.3, -0.25) is 0 Å². The molecule has 1 heterocycles. The molecule has 1 aromatic rings. The van der Waals surface area contributed by atoms with Crippen molar-refractivity contribution in [3.8, 4) is 17.4 Å². The summed E-state index contributed by atoms with van der Waals surface area (Å²) in [6.45, 7) is 0. The third-order valence-corrected chi connectivity index (χ3v) is 0.813. The maximum atomic E-state index is 8.52. The predicted octanol–water partition coefficient (Wildman–Crippen LogP) is 0.131. The molecule has 0 aliphatic heterocycles. The minimum atomic E-state index is -0.509. The Hall–Kier alpha value is -1.32. The topological polar surface area (TPSA) is 76.5 Å². The Morgan fingerprint density at radius 1 is 1.25 bits per heavy atom. The van der Waals surface area contributed by atoms with Crippen LogP contribution in [0.3, 0.4) is 0 Å². The smallest absolute Gasteiger partial charge is 0.236 e. The highest BCUT2D eigenvalue weighted by atomic mass is 16.3. The molecule has 4 nitrogen and oxygen atoms in total. The average Bonchev–Trinajstić information content (AvgIpc) is 1.98. The van der Waals surface area contributed by atoms with E-state index in [-0.39, 0.29) is 5.75 Å². The van der Waals surface area contributed by atoms with Crippen LogP contribution in [0.1, 0.15) is 0 Å². The van der Waals surface area contributed by atoms with Crippen molar-refractivity contribution < 1.29 is 15.3 Å². The van der Waals surface area contributed by atoms with Crippen molar-refractivity contribution in [2.24, 2.45) is 0 Å². The molecule has 0 fully saturated rings. The van der Waals surface area contributed by atoms with Crippen molar-refractivity contribution >= 4 is 0 Å². The average molecular weight is 115 g/mol. The molecule has 0 aromatic carbocycles. The Morgan fingerprint density at radius 3 is 2.00 bits per heavy atom. The molecule has 0 aliphatic rings. The van der Waals surface area contributed by atoms with Crippen molar-refractivity contribution in [2.45, 2.75) is 0 Å². The fourth-order valence-electron chi connectivity index (χ4n) is 0.395. The van der Waals surface area contributed by atoms with Gasteiger partial charge in [-0.05, 0) is 0 Å². The summed E-state index contributed by atoms with van der Waals surface area (Å²) in [5.41, 5.74) is 0. The number of aromatic nitrogens is 1. The number of aromatic amines is 1. The summed E-state index contributed by atoms with van der Waals surface area (Å²) in [4.78, 5) is 2.19. The lowest BCUT2D eigenvalue weighted by Gasteiger charge is -1.83. The quantitative estimate of drug-likeness (QED) is 0.388. The van der Waals surface area contributed by atoms with Crippen molar-refractivity contribution in [1.82, 2.24) is 4.98 Å². The van der Waals surface area contributed by atoms with Gasteiger partial charge in [-0.25, -0.2) is 0 Å². The van der Waals surface area contributed by atoms with E-state index in [4.69, 9.17) is 15.3 Å². The highest BCUT2D eigenvalue weighted by Crippen LogP contribution is 2.32. The third-order valence-electron chi connectivity index (χ3n) is 0.813. The zero-order chi connectivity index (χ0) is 6.15. The maximum Gasteiger partial charge on any atom is 0.236 e. The normalized spacial score (nSPS) is 9.50. The molecule has 0 unspecified atom stereocenters. The van der Waals surface area contributed by atoms with E-state index >= 15 is 0 Å². The molecular formula is C4H5NO3. The first-order chi connectivity index (χ1) is 3.72. The fraction of sp³-hybridized carbons (Fsp3) is 0. The largest absolute Gasteiger partial charge is 0.503 e. The van der Waals surface area contributed by atoms with Crippen molar-refractivity contribution in [3.63, 3.8) is 0 Å². The van der Waals surface area contributed by atoms with Gasteiger partial charge in [0.1, 0.15) is 0 Å². The van der Waals surface area contributed by atoms with Gasteiger partial charge in [0.2, 0.25) is 11.6 Å². The Kier molecular flexibility index (Phi) is 0.802. The van der Waals surface area contributed by atoms with Crippen LogP contribution in [0.25, 0.3) is 0 Å². The molecule has 44 valence electrons. The van der Waals surface area contributed by atoms with E-state index in [2.05, 4.69) is 4.98 Å². The lowest BCUT2D eigenvalue weighted by atomic mass is 10.5. The van der Waals surface area contributed by atoms with Gasteiger partial charge in [0.15, 0.2) is 5.75 Å². The SMILES string of the molecule is Oc1c[nH]c(O)c1O. The van der Waals surface area contributed by atoms with Crippen LogP contribution in [0, 0.1) is 0 Å². The van der Waals surface area contributed by atoms with Crippen LogP contribution in [0.4, 0.5) is 0 Å². The van der Waals surface area contributed by atoms with Gasteiger partial charge in [0.05, 0.1) is 6.20 Å². The number of rotatable bonds is 0. The molecule has 0 radical (unpaired) electrons. The monoisotopic (exact) mass is 115 g/mol. The number of nitrogens with one attached hydrogen (secondary N) is 1. The standard InChI is InChI=1S/C4H5NO3/c6-2-1-5-4(8)3(2)7/h1,5-8H. The van der Waals surface area contributed by atoms with Crippen molar-refractivity contribution in [1.29, 1.82) is 0 Å². The summed E-state index contributed by atoms with van der Waals surface area (Å²) in [5.74, 6) is -1.27. The third kappa shape index (κ3) is 0.465. The van der Waals surface area contributed by atoms with Crippen LogP contribution in [0.5, 0.6) is 17.4 Å². The Balaban J connectivity index is 3.19. The number of aromatic hydroxyl groups is 3. The van der Waals surface area contributed by atoms with Gasteiger partial charge >= 0.3 is 0 Å². The molecule has 4 N–H and O–H groups in total. The summed E-state index contributed by atoms with van der Waals surface area (Å²) in [7, 11) is 0. The van der Waals surface area contributed by atoms with E-state index in [9.17, 15) is 0 Å². The molecule has 0 saturated carbocycles. The minimum Gasteiger partial charge on any atom is -0.503 e. The fourth-order valence-corrected chi connectivity index (χ4v) is 0.395. The highest BCUT2D eigenvalue weighted by molar-refractivity contribution is 5.44. The van der Waals surface area contributed by atoms with Crippen molar-refractivity contribution in [3.05, 3.63) is 6.20 Å². The van der Waals surface area contributed by atoms with E-state index in [1.54, 1.807) is 0 Å². The molecule has 0 bridgehead atoms. The van der Waals surface area contributed by atoms with E-state index in [0.29, 0.717) is 0 Å². The first-order valence-corrected chi connectivity index (χ1v) is 2.00. The summed E-state index contributed by atoms with van der Waals surface area (Å²) in [6.07, 6.45) is 1.09. The van der Waals surface area contributed by atoms with E-state index in [1.807, 2.05) is 0 Å². The van der Waals surface area contributed by atoms with Crippen LogP contribution in [0.15, 0.2) is 6.20 Å².